The fraction of sp³-hybridized carbons (Fsp3) is 0.333. The predicted octanol–water partition coefficient (Wildman–Crippen LogP) is 3.82. The zero-order chi connectivity index (χ0) is 13.0. The second kappa shape index (κ2) is 5.63. The van der Waals surface area contributed by atoms with Gasteiger partial charge >= 0.3 is 5.97 Å². The number of nitrogens with zero attached hydrogens (tertiary/aromatic N) is 1. The van der Waals surface area contributed by atoms with E-state index in [1.807, 2.05) is 24.3 Å². The minimum Gasteiger partial charge on any atom is -0.478 e. The average molecular weight is 243 g/mol. The molecule has 1 aliphatic rings. The number of aliphatic carboxylic acids is 1. The van der Waals surface area contributed by atoms with Crippen LogP contribution in [0.25, 0.3) is 5.57 Å². The van der Waals surface area contributed by atoms with E-state index in [0.717, 1.165) is 18.5 Å². The lowest BCUT2D eigenvalue weighted by Crippen LogP contribution is -2.00. The Kier molecular flexibility index (Phi) is 3.92. The molecule has 1 aliphatic carbocycles. The molecule has 0 aliphatic heterocycles. The Bertz CT molecular complexity index is 507. The SMILES string of the molecule is C/C=C(/C(=O)O)c1ccccc1N=C1CCCC1. The summed E-state index contributed by atoms with van der Waals surface area (Å²) in [4.78, 5) is 15.8. The maximum atomic E-state index is 11.2. The fourth-order valence-corrected chi connectivity index (χ4v) is 2.26. The van der Waals surface area contributed by atoms with E-state index in [9.17, 15) is 9.90 Å². The van der Waals surface area contributed by atoms with Crippen LogP contribution in [0.1, 0.15) is 38.2 Å². The summed E-state index contributed by atoms with van der Waals surface area (Å²) in [6.07, 6.45) is 6.07. The van der Waals surface area contributed by atoms with Crippen LogP contribution >= 0.6 is 0 Å². The monoisotopic (exact) mass is 243 g/mol. The number of para-hydroxylation sites is 1. The van der Waals surface area contributed by atoms with E-state index in [-0.39, 0.29) is 0 Å². The number of hydrogen-bond acceptors (Lipinski definition) is 2. The van der Waals surface area contributed by atoms with Crippen LogP contribution < -0.4 is 0 Å². The highest BCUT2D eigenvalue weighted by molar-refractivity contribution is 6.17. The van der Waals surface area contributed by atoms with Gasteiger partial charge in [-0.3, -0.25) is 4.99 Å². The quantitative estimate of drug-likeness (QED) is 0.820. The van der Waals surface area contributed by atoms with Crippen molar-refractivity contribution in [3.8, 4) is 0 Å². The minimum absolute atomic E-state index is 0.313. The molecule has 0 amide bonds. The lowest BCUT2D eigenvalue weighted by atomic mass is 10.0. The lowest BCUT2D eigenvalue weighted by molar-refractivity contribution is -0.130. The molecule has 0 unspecified atom stereocenters. The van der Waals surface area contributed by atoms with E-state index in [0.29, 0.717) is 11.1 Å². The van der Waals surface area contributed by atoms with Crippen LogP contribution in [-0.2, 0) is 4.79 Å². The molecule has 0 spiro atoms. The number of carboxylic acids is 1. The van der Waals surface area contributed by atoms with Crippen LogP contribution in [-0.4, -0.2) is 16.8 Å². The Morgan fingerprint density at radius 1 is 1.28 bits per heavy atom. The molecule has 0 radical (unpaired) electrons. The number of aliphatic imine (C=N–C) groups is 1. The molecule has 0 atom stereocenters. The zero-order valence-corrected chi connectivity index (χ0v) is 10.5. The molecular formula is C15H17NO2. The van der Waals surface area contributed by atoms with Crippen molar-refractivity contribution in [1.82, 2.24) is 0 Å². The summed E-state index contributed by atoms with van der Waals surface area (Å²) in [7, 11) is 0. The largest absolute Gasteiger partial charge is 0.478 e. The van der Waals surface area contributed by atoms with Gasteiger partial charge < -0.3 is 5.11 Å². The van der Waals surface area contributed by atoms with E-state index in [2.05, 4.69) is 4.99 Å². The van der Waals surface area contributed by atoms with Crippen LogP contribution in [0.3, 0.4) is 0 Å². The van der Waals surface area contributed by atoms with Crippen LogP contribution in [0.15, 0.2) is 35.3 Å². The van der Waals surface area contributed by atoms with Gasteiger partial charge in [0.05, 0.1) is 11.3 Å². The average Bonchev–Trinajstić information content (AvgIpc) is 2.84. The van der Waals surface area contributed by atoms with Gasteiger partial charge in [-0.1, -0.05) is 24.3 Å². The molecule has 1 aromatic carbocycles. The maximum absolute atomic E-state index is 11.2. The first-order valence-electron chi connectivity index (χ1n) is 6.28. The maximum Gasteiger partial charge on any atom is 0.336 e. The summed E-state index contributed by atoms with van der Waals surface area (Å²) in [6.45, 7) is 1.74. The zero-order valence-electron chi connectivity index (χ0n) is 10.5. The summed E-state index contributed by atoms with van der Waals surface area (Å²) in [5.41, 5.74) is 2.97. The molecule has 94 valence electrons. The van der Waals surface area contributed by atoms with E-state index >= 15 is 0 Å². The summed E-state index contributed by atoms with van der Waals surface area (Å²) in [5, 5.41) is 9.20. The van der Waals surface area contributed by atoms with E-state index in [1.54, 1.807) is 13.0 Å². The Labute approximate surface area is 107 Å². The number of carbonyl (C=O) groups is 1. The van der Waals surface area contributed by atoms with Gasteiger partial charge in [0.2, 0.25) is 0 Å². The van der Waals surface area contributed by atoms with Gasteiger partial charge in [-0.05, 0) is 38.7 Å². The molecular weight excluding hydrogens is 226 g/mol. The first-order valence-corrected chi connectivity index (χ1v) is 6.28. The van der Waals surface area contributed by atoms with Gasteiger partial charge in [0.15, 0.2) is 0 Å². The predicted molar refractivity (Wildman–Crippen MR) is 73.3 cm³/mol. The Hall–Kier alpha value is -1.90. The number of benzene rings is 1. The van der Waals surface area contributed by atoms with Crippen LogP contribution in [0.2, 0.25) is 0 Å². The van der Waals surface area contributed by atoms with Crippen molar-refractivity contribution in [2.75, 3.05) is 0 Å². The molecule has 1 aromatic rings. The van der Waals surface area contributed by atoms with Crippen molar-refractivity contribution in [3.63, 3.8) is 0 Å². The molecule has 1 fully saturated rings. The second-order valence-electron chi connectivity index (χ2n) is 4.41. The van der Waals surface area contributed by atoms with Crippen LogP contribution in [0.4, 0.5) is 5.69 Å². The number of hydrogen-bond donors (Lipinski definition) is 1. The van der Waals surface area contributed by atoms with Gasteiger partial charge in [0.1, 0.15) is 0 Å². The first-order chi connectivity index (χ1) is 8.72. The van der Waals surface area contributed by atoms with Gasteiger partial charge in [-0.15, -0.1) is 0 Å². The van der Waals surface area contributed by atoms with Gasteiger partial charge in [0.25, 0.3) is 0 Å². The lowest BCUT2D eigenvalue weighted by Gasteiger charge is -2.07. The summed E-state index contributed by atoms with van der Waals surface area (Å²) >= 11 is 0. The van der Waals surface area contributed by atoms with Crippen molar-refractivity contribution in [3.05, 3.63) is 35.9 Å². The molecule has 2 rings (SSSR count). The molecule has 0 saturated heterocycles. The standard InChI is InChI=1S/C15H17NO2/c1-2-12(15(17)18)13-9-5-6-10-14(13)16-11-7-3-4-8-11/h2,5-6,9-10H,3-4,7-8H2,1H3,(H,17,18)/b12-2+. The summed E-state index contributed by atoms with van der Waals surface area (Å²) in [6, 6.07) is 7.44. The molecule has 0 bridgehead atoms. The van der Waals surface area contributed by atoms with Crippen molar-refractivity contribution >= 4 is 22.9 Å². The van der Waals surface area contributed by atoms with Crippen molar-refractivity contribution < 1.29 is 9.90 Å². The molecule has 3 heteroatoms. The van der Waals surface area contributed by atoms with E-state index in [4.69, 9.17) is 0 Å². The normalized spacial score (nSPS) is 15.8. The molecule has 1 N–H and O–H groups in total. The minimum atomic E-state index is -0.906. The summed E-state index contributed by atoms with van der Waals surface area (Å²) in [5.74, 6) is -0.906. The molecule has 3 nitrogen and oxygen atoms in total. The third-order valence-corrected chi connectivity index (χ3v) is 3.17. The van der Waals surface area contributed by atoms with Crippen LogP contribution in [0.5, 0.6) is 0 Å². The number of rotatable bonds is 3. The fourth-order valence-electron chi connectivity index (χ4n) is 2.26. The summed E-state index contributed by atoms with van der Waals surface area (Å²) < 4.78 is 0. The molecule has 0 heterocycles. The third kappa shape index (κ3) is 2.67. The van der Waals surface area contributed by atoms with E-state index in [1.165, 1.54) is 18.6 Å². The van der Waals surface area contributed by atoms with E-state index < -0.39 is 5.97 Å². The van der Waals surface area contributed by atoms with Crippen molar-refractivity contribution in [2.45, 2.75) is 32.6 Å². The number of allylic oxidation sites excluding steroid dienone is 1. The molecule has 18 heavy (non-hydrogen) atoms. The first kappa shape index (κ1) is 12.6. The Balaban J connectivity index is 2.42. The van der Waals surface area contributed by atoms with Gasteiger partial charge in [0, 0.05) is 11.3 Å². The van der Waals surface area contributed by atoms with Crippen molar-refractivity contribution in [2.24, 2.45) is 4.99 Å². The van der Waals surface area contributed by atoms with Gasteiger partial charge in [-0.2, -0.15) is 0 Å². The van der Waals surface area contributed by atoms with Crippen LogP contribution in [0, 0.1) is 0 Å². The topological polar surface area (TPSA) is 49.7 Å². The third-order valence-electron chi connectivity index (χ3n) is 3.17. The highest BCUT2D eigenvalue weighted by Crippen LogP contribution is 2.28. The van der Waals surface area contributed by atoms with Gasteiger partial charge in [-0.25, -0.2) is 4.79 Å². The smallest absolute Gasteiger partial charge is 0.336 e. The Morgan fingerprint density at radius 3 is 2.56 bits per heavy atom. The highest BCUT2D eigenvalue weighted by atomic mass is 16.4. The number of carboxylic acid groups (broad SMARTS) is 1. The van der Waals surface area contributed by atoms with Crippen molar-refractivity contribution in [1.29, 1.82) is 0 Å². The second-order valence-corrected chi connectivity index (χ2v) is 4.41. The highest BCUT2D eigenvalue weighted by Gasteiger charge is 2.14. The molecule has 0 aromatic heterocycles. The Morgan fingerprint density at radius 2 is 1.94 bits per heavy atom. The molecule has 1 saturated carbocycles.